The highest BCUT2D eigenvalue weighted by Gasteiger charge is 2.46. The van der Waals surface area contributed by atoms with E-state index in [2.05, 4.69) is 44.5 Å². The molecule has 0 saturated carbocycles. The molecule has 0 radical (unpaired) electrons. The molecule has 2 aromatic rings. The van der Waals surface area contributed by atoms with Crippen molar-refractivity contribution >= 4 is 11.8 Å². The quantitative estimate of drug-likeness (QED) is 0.774. The molecule has 1 unspecified atom stereocenters. The Labute approximate surface area is 183 Å². The minimum absolute atomic E-state index is 0.0460. The summed E-state index contributed by atoms with van der Waals surface area (Å²) < 4.78 is 0. The number of aromatic nitrogens is 2. The molecule has 1 atom stereocenters. The van der Waals surface area contributed by atoms with E-state index in [0.29, 0.717) is 31.7 Å². The Morgan fingerprint density at radius 2 is 1.97 bits per heavy atom. The normalized spacial score (nSPS) is 19.5. The smallest absolute Gasteiger partial charge is 0.274 e. The number of hydrogen-bond donors (Lipinski definition) is 1. The van der Waals surface area contributed by atoms with Crippen molar-refractivity contribution < 1.29 is 9.59 Å². The van der Waals surface area contributed by atoms with Gasteiger partial charge in [-0.25, -0.2) is 4.98 Å². The highest BCUT2D eigenvalue weighted by atomic mass is 16.2. The third-order valence-electron chi connectivity index (χ3n) is 6.71. The second kappa shape index (κ2) is 9.14. The molecule has 4 rings (SSSR count). The maximum Gasteiger partial charge on any atom is 0.274 e. The lowest BCUT2D eigenvalue weighted by Crippen LogP contribution is -2.44. The number of piperidine rings is 1. The van der Waals surface area contributed by atoms with Gasteiger partial charge in [-0.1, -0.05) is 24.3 Å². The number of likely N-dealkylation sites (tertiary alicyclic amines) is 1. The lowest BCUT2D eigenvalue weighted by molar-refractivity contribution is -0.121. The topological polar surface area (TPSA) is 78.4 Å². The molecule has 7 heteroatoms. The zero-order valence-electron chi connectivity index (χ0n) is 18.4. The number of carbonyl (C=O) groups excluding carboxylic acids is 2. The fourth-order valence-corrected chi connectivity index (χ4v) is 5.11. The van der Waals surface area contributed by atoms with E-state index < -0.39 is 0 Å². The van der Waals surface area contributed by atoms with Crippen LogP contribution in [0.25, 0.3) is 0 Å². The molecule has 31 heavy (non-hydrogen) atoms. The number of amides is 2. The molecule has 2 aliphatic rings. The van der Waals surface area contributed by atoms with Crippen molar-refractivity contribution in [2.24, 2.45) is 0 Å². The number of fused-ring (bicyclic) bond motifs is 2. The number of carbonyl (C=O) groups is 2. The minimum Gasteiger partial charge on any atom is -0.355 e. The van der Waals surface area contributed by atoms with Crippen molar-refractivity contribution in [3.05, 3.63) is 59.7 Å². The highest BCUT2D eigenvalue weighted by Crippen LogP contribution is 2.52. The number of nitrogens with zero attached hydrogens (tertiary/aromatic N) is 4. The standard InChI is InChI=1S/C24H31N5O2/c1-28(2)14-11-27-22(30)15-18-16-24(20-6-4-3-5-19(18)20)7-12-29(13-8-24)23(31)21-17-25-9-10-26-21/h3-6,9-10,17-18H,7-8,11-16H2,1-2H3,(H,27,30). The first-order valence-electron chi connectivity index (χ1n) is 11.0. The molecular weight excluding hydrogens is 390 g/mol. The second-order valence-corrected chi connectivity index (χ2v) is 9.01. The monoisotopic (exact) mass is 421 g/mol. The Balaban J connectivity index is 1.43. The fourth-order valence-electron chi connectivity index (χ4n) is 5.11. The van der Waals surface area contributed by atoms with Gasteiger partial charge in [-0.2, -0.15) is 0 Å². The zero-order valence-corrected chi connectivity index (χ0v) is 18.4. The van der Waals surface area contributed by atoms with Gasteiger partial charge in [-0.15, -0.1) is 0 Å². The van der Waals surface area contributed by atoms with Gasteiger partial charge in [0, 0.05) is 45.0 Å². The van der Waals surface area contributed by atoms with Crippen molar-refractivity contribution in [2.45, 2.75) is 37.0 Å². The molecule has 1 fully saturated rings. The summed E-state index contributed by atoms with van der Waals surface area (Å²) >= 11 is 0. The zero-order chi connectivity index (χ0) is 21.8. The van der Waals surface area contributed by atoms with E-state index in [-0.39, 0.29) is 23.1 Å². The Hall–Kier alpha value is -2.80. The summed E-state index contributed by atoms with van der Waals surface area (Å²) in [6, 6.07) is 8.57. The lowest BCUT2D eigenvalue weighted by atomic mass is 9.73. The molecular formula is C24H31N5O2. The first-order valence-corrected chi connectivity index (χ1v) is 11.0. The van der Waals surface area contributed by atoms with Crippen molar-refractivity contribution in [3.63, 3.8) is 0 Å². The Morgan fingerprint density at radius 3 is 2.68 bits per heavy atom. The van der Waals surface area contributed by atoms with E-state index in [9.17, 15) is 9.59 Å². The second-order valence-electron chi connectivity index (χ2n) is 9.01. The number of nitrogens with one attached hydrogen (secondary N) is 1. The molecule has 1 aromatic carbocycles. The van der Waals surface area contributed by atoms with Gasteiger partial charge in [-0.3, -0.25) is 14.6 Å². The van der Waals surface area contributed by atoms with Crippen LogP contribution in [0.3, 0.4) is 0 Å². The van der Waals surface area contributed by atoms with Gasteiger partial charge in [-0.05, 0) is 55.8 Å². The summed E-state index contributed by atoms with van der Waals surface area (Å²) in [4.78, 5) is 37.5. The summed E-state index contributed by atoms with van der Waals surface area (Å²) in [5.74, 6) is 0.304. The van der Waals surface area contributed by atoms with Crippen molar-refractivity contribution in [2.75, 3.05) is 40.3 Å². The summed E-state index contributed by atoms with van der Waals surface area (Å²) in [6.07, 6.45) is 7.98. The first-order chi connectivity index (χ1) is 15.0. The van der Waals surface area contributed by atoms with Gasteiger partial charge in [0.25, 0.3) is 5.91 Å². The highest BCUT2D eigenvalue weighted by molar-refractivity contribution is 5.92. The van der Waals surface area contributed by atoms with Crippen LogP contribution in [0.4, 0.5) is 0 Å². The maximum atomic E-state index is 12.8. The molecule has 1 saturated heterocycles. The average molecular weight is 422 g/mol. The van der Waals surface area contributed by atoms with Crippen molar-refractivity contribution in [1.29, 1.82) is 0 Å². The van der Waals surface area contributed by atoms with E-state index in [4.69, 9.17) is 0 Å². The van der Waals surface area contributed by atoms with Gasteiger partial charge in [0.15, 0.2) is 0 Å². The van der Waals surface area contributed by atoms with Gasteiger partial charge in [0.1, 0.15) is 5.69 Å². The molecule has 1 aliphatic heterocycles. The molecule has 1 aliphatic carbocycles. The van der Waals surface area contributed by atoms with Gasteiger partial charge >= 0.3 is 0 Å². The molecule has 164 valence electrons. The Morgan fingerprint density at radius 1 is 1.19 bits per heavy atom. The van der Waals surface area contributed by atoms with Gasteiger partial charge in [0.2, 0.25) is 5.91 Å². The predicted molar refractivity (Wildman–Crippen MR) is 119 cm³/mol. The van der Waals surface area contributed by atoms with E-state index in [0.717, 1.165) is 25.8 Å². The SMILES string of the molecule is CN(C)CCNC(=O)CC1CC2(CCN(C(=O)c3cnccn3)CC2)c2ccccc21. The molecule has 1 N–H and O–H groups in total. The first kappa shape index (κ1) is 21.4. The van der Waals surface area contributed by atoms with Crippen LogP contribution < -0.4 is 5.32 Å². The Bertz CT molecular complexity index is 923. The predicted octanol–water partition coefficient (Wildman–Crippen LogP) is 2.21. The van der Waals surface area contributed by atoms with Crippen molar-refractivity contribution in [3.8, 4) is 0 Å². The largest absolute Gasteiger partial charge is 0.355 e. The van der Waals surface area contributed by atoms with Gasteiger partial charge in [0.05, 0.1) is 6.20 Å². The van der Waals surface area contributed by atoms with Crippen LogP contribution in [-0.2, 0) is 10.2 Å². The molecule has 1 spiro atoms. The minimum atomic E-state index is -0.0500. The van der Waals surface area contributed by atoms with E-state index in [1.165, 1.54) is 17.3 Å². The third-order valence-corrected chi connectivity index (χ3v) is 6.71. The summed E-state index contributed by atoms with van der Waals surface area (Å²) in [5.41, 5.74) is 3.12. The fraction of sp³-hybridized carbons (Fsp3) is 0.500. The van der Waals surface area contributed by atoms with Crippen LogP contribution in [0.1, 0.15) is 53.2 Å². The van der Waals surface area contributed by atoms with Crippen LogP contribution in [0, 0.1) is 0 Å². The van der Waals surface area contributed by atoms with Crippen molar-refractivity contribution in [1.82, 2.24) is 25.1 Å². The van der Waals surface area contributed by atoms with Crippen LogP contribution in [0.5, 0.6) is 0 Å². The molecule has 2 heterocycles. The van der Waals surface area contributed by atoms with Crippen LogP contribution in [-0.4, -0.2) is 71.9 Å². The lowest BCUT2D eigenvalue weighted by Gasteiger charge is -2.40. The molecule has 0 bridgehead atoms. The van der Waals surface area contributed by atoms with Crippen LogP contribution >= 0.6 is 0 Å². The summed E-state index contributed by atoms with van der Waals surface area (Å²) in [7, 11) is 4.01. The average Bonchev–Trinajstić information content (AvgIpc) is 3.07. The van der Waals surface area contributed by atoms with E-state index in [1.54, 1.807) is 12.4 Å². The maximum absolute atomic E-state index is 12.8. The van der Waals surface area contributed by atoms with Crippen LogP contribution in [0.2, 0.25) is 0 Å². The van der Waals surface area contributed by atoms with E-state index in [1.807, 2.05) is 19.0 Å². The molecule has 2 amide bonds. The number of likely N-dealkylation sites (N-methyl/N-ethyl adjacent to an activating group) is 1. The number of rotatable bonds is 6. The molecule has 7 nitrogen and oxygen atoms in total. The third kappa shape index (κ3) is 4.61. The number of hydrogen-bond acceptors (Lipinski definition) is 5. The van der Waals surface area contributed by atoms with Gasteiger partial charge < -0.3 is 15.1 Å². The summed E-state index contributed by atoms with van der Waals surface area (Å²) in [6.45, 7) is 2.91. The van der Waals surface area contributed by atoms with E-state index >= 15 is 0 Å². The molecule has 1 aromatic heterocycles. The Kier molecular flexibility index (Phi) is 6.32. The number of benzene rings is 1. The summed E-state index contributed by atoms with van der Waals surface area (Å²) in [5, 5.41) is 3.06. The van der Waals surface area contributed by atoms with Crippen LogP contribution in [0.15, 0.2) is 42.9 Å².